The quantitative estimate of drug-likeness (QED) is 0.129. The summed E-state index contributed by atoms with van der Waals surface area (Å²) in [7, 11) is 0. The third-order valence-electron chi connectivity index (χ3n) is 8.81. The Balaban J connectivity index is 0.000000190. The van der Waals surface area contributed by atoms with Gasteiger partial charge in [-0.05, 0) is 111 Å². The zero-order valence-corrected chi connectivity index (χ0v) is 33.5. The van der Waals surface area contributed by atoms with Crippen molar-refractivity contribution < 1.29 is 0 Å². The van der Waals surface area contributed by atoms with E-state index < -0.39 is 0 Å². The molecule has 52 heavy (non-hydrogen) atoms. The number of rotatable bonds is 6. The molecule has 4 nitrogen and oxygen atoms in total. The Labute approximate surface area is 317 Å². The number of thiophene rings is 1. The van der Waals surface area contributed by atoms with E-state index in [1.54, 1.807) is 11.3 Å². The smallest absolute Gasteiger partial charge is 0.0355 e. The second-order valence-corrected chi connectivity index (χ2v) is 15.4. The molecule has 0 aliphatic carbocycles. The van der Waals surface area contributed by atoms with Crippen LogP contribution in [0.1, 0.15) is 107 Å². The molecule has 5 aromatic carbocycles. The van der Waals surface area contributed by atoms with Crippen molar-refractivity contribution in [1.82, 2.24) is 0 Å². The maximum absolute atomic E-state index is 6.06. The molecule has 0 fully saturated rings. The Bertz CT molecular complexity index is 1940. The van der Waals surface area contributed by atoms with E-state index in [1.807, 2.05) is 42.5 Å². The predicted octanol–water partition coefficient (Wildman–Crippen LogP) is 13.3. The fourth-order valence-electron chi connectivity index (χ4n) is 5.86. The summed E-state index contributed by atoms with van der Waals surface area (Å²) >= 11 is 1.74. The Morgan fingerprint density at radius 2 is 0.827 bits per heavy atom. The van der Waals surface area contributed by atoms with Crippen LogP contribution in [-0.2, 0) is 0 Å². The highest BCUT2D eigenvalue weighted by atomic mass is 32.1. The zero-order valence-electron chi connectivity index (χ0n) is 32.7. The SMILES string of the molecule is CC(C)c1ccc(-c2ccccc2)cc1N.CC(C)c1ccc(-c2cccs2)cc1N.CC(C)c1ccccc1N.Cc1ccc(C(C)C)c(N)c1. The third kappa shape index (κ3) is 12.3. The maximum atomic E-state index is 6.06. The molecule has 0 atom stereocenters. The van der Waals surface area contributed by atoms with Gasteiger partial charge in [-0.1, -0.05) is 146 Å². The van der Waals surface area contributed by atoms with Gasteiger partial charge in [0, 0.05) is 27.6 Å². The van der Waals surface area contributed by atoms with Crippen molar-refractivity contribution in [2.24, 2.45) is 0 Å². The summed E-state index contributed by atoms with van der Waals surface area (Å²) in [6.07, 6.45) is 0. The van der Waals surface area contributed by atoms with Gasteiger partial charge in [-0.2, -0.15) is 0 Å². The molecule has 5 heteroatoms. The highest BCUT2D eigenvalue weighted by Gasteiger charge is 2.07. The van der Waals surface area contributed by atoms with E-state index in [-0.39, 0.29) is 0 Å². The van der Waals surface area contributed by atoms with E-state index >= 15 is 0 Å². The molecule has 8 N–H and O–H groups in total. The molecule has 1 heterocycles. The second-order valence-electron chi connectivity index (χ2n) is 14.4. The van der Waals surface area contributed by atoms with E-state index in [9.17, 15) is 0 Å². The first-order valence-corrected chi connectivity index (χ1v) is 19.2. The molecule has 0 bridgehead atoms. The van der Waals surface area contributed by atoms with Gasteiger partial charge in [0.15, 0.2) is 0 Å². The average Bonchev–Trinajstić information content (AvgIpc) is 3.65. The molecule has 0 unspecified atom stereocenters. The molecule has 1 aromatic heterocycles. The summed E-state index contributed by atoms with van der Waals surface area (Å²) in [5, 5.41) is 2.09. The van der Waals surface area contributed by atoms with Gasteiger partial charge < -0.3 is 22.9 Å². The fraction of sp³-hybridized carbons (Fsp3) is 0.277. The normalized spacial score (nSPS) is 10.6. The lowest BCUT2D eigenvalue weighted by atomic mass is 9.97. The first-order valence-electron chi connectivity index (χ1n) is 18.3. The van der Waals surface area contributed by atoms with Crippen molar-refractivity contribution >= 4 is 34.1 Å². The van der Waals surface area contributed by atoms with Crippen molar-refractivity contribution in [3.63, 3.8) is 0 Å². The Hall–Kier alpha value is -5.00. The van der Waals surface area contributed by atoms with Crippen LogP contribution in [0.3, 0.4) is 0 Å². The Kier molecular flexibility index (Phi) is 16.0. The largest absolute Gasteiger partial charge is 0.398 e. The van der Waals surface area contributed by atoms with Crippen LogP contribution in [0.25, 0.3) is 21.6 Å². The molecule has 6 aromatic rings. The topological polar surface area (TPSA) is 104 Å². The Morgan fingerprint density at radius 3 is 1.27 bits per heavy atom. The minimum absolute atomic E-state index is 0.477. The van der Waals surface area contributed by atoms with Crippen molar-refractivity contribution in [1.29, 1.82) is 0 Å². The van der Waals surface area contributed by atoms with E-state index in [1.165, 1.54) is 49.4 Å². The van der Waals surface area contributed by atoms with Crippen LogP contribution in [0.2, 0.25) is 0 Å². The van der Waals surface area contributed by atoms with Crippen LogP contribution >= 0.6 is 11.3 Å². The number of aryl methyl sites for hydroxylation is 1. The molecule has 274 valence electrons. The number of anilines is 4. The van der Waals surface area contributed by atoms with Crippen molar-refractivity contribution in [2.45, 2.75) is 86.0 Å². The summed E-state index contributed by atoms with van der Waals surface area (Å²) in [6.45, 7) is 19.3. The third-order valence-corrected chi connectivity index (χ3v) is 9.73. The monoisotopic (exact) mass is 712 g/mol. The zero-order chi connectivity index (χ0) is 38.4. The molecular weight excluding hydrogens is 653 g/mol. The van der Waals surface area contributed by atoms with Crippen LogP contribution in [0.4, 0.5) is 22.7 Å². The average molecular weight is 713 g/mol. The highest BCUT2D eigenvalue weighted by Crippen LogP contribution is 2.31. The van der Waals surface area contributed by atoms with Crippen molar-refractivity contribution in [2.75, 3.05) is 22.9 Å². The lowest BCUT2D eigenvalue weighted by molar-refractivity contribution is 0.869. The number of nitrogens with two attached hydrogens (primary N) is 4. The predicted molar refractivity (Wildman–Crippen MR) is 233 cm³/mol. The lowest BCUT2D eigenvalue weighted by Gasteiger charge is -2.11. The van der Waals surface area contributed by atoms with Gasteiger partial charge in [0.2, 0.25) is 0 Å². The molecule has 0 spiro atoms. The van der Waals surface area contributed by atoms with Crippen molar-refractivity contribution in [3.05, 3.63) is 155 Å². The van der Waals surface area contributed by atoms with Crippen LogP contribution in [0, 0.1) is 6.92 Å². The standard InChI is InChI=1S/C15H17N.C13H15NS.C10H15N.C9H13N/c1-11(2)14-9-8-13(10-15(14)16)12-6-4-3-5-7-12;1-9(2)11-6-5-10(8-12(11)14)13-4-3-7-15-13;1-7(2)9-5-4-8(3)6-10(9)11;1-7(2)8-5-3-4-6-9(8)10/h3-11H,16H2,1-2H3;3-9H,14H2,1-2H3;4-7H,11H2,1-3H3;3-7H,10H2,1-2H3. The molecule has 0 aliphatic rings. The van der Waals surface area contributed by atoms with E-state index in [0.29, 0.717) is 23.7 Å². The molecule has 0 saturated heterocycles. The summed E-state index contributed by atoms with van der Waals surface area (Å²) < 4.78 is 0. The molecule has 0 aliphatic heterocycles. The summed E-state index contributed by atoms with van der Waals surface area (Å²) in [5.74, 6) is 2.02. The van der Waals surface area contributed by atoms with Gasteiger partial charge >= 0.3 is 0 Å². The van der Waals surface area contributed by atoms with E-state index in [2.05, 4.69) is 147 Å². The maximum Gasteiger partial charge on any atom is 0.0355 e. The van der Waals surface area contributed by atoms with Gasteiger partial charge in [0.25, 0.3) is 0 Å². The number of hydrogen-bond acceptors (Lipinski definition) is 5. The second kappa shape index (κ2) is 20.1. The fourth-order valence-corrected chi connectivity index (χ4v) is 6.59. The minimum Gasteiger partial charge on any atom is -0.398 e. The Morgan fingerprint density at radius 1 is 0.385 bits per heavy atom. The van der Waals surface area contributed by atoms with Crippen molar-refractivity contribution in [3.8, 4) is 21.6 Å². The summed E-state index contributed by atoms with van der Waals surface area (Å²) in [5.41, 5.74) is 37.0. The summed E-state index contributed by atoms with van der Waals surface area (Å²) in [6, 6.07) is 41.4. The number of para-hydroxylation sites is 1. The van der Waals surface area contributed by atoms with Crippen LogP contribution in [0.15, 0.2) is 127 Å². The van der Waals surface area contributed by atoms with E-state index in [4.69, 9.17) is 22.9 Å². The highest BCUT2D eigenvalue weighted by molar-refractivity contribution is 7.13. The molecule has 0 radical (unpaired) electrons. The summed E-state index contributed by atoms with van der Waals surface area (Å²) in [4.78, 5) is 1.28. The molecular formula is C47H60N4S. The molecule has 0 amide bonds. The first-order chi connectivity index (χ1) is 24.7. The van der Waals surface area contributed by atoms with Crippen LogP contribution in [-0.4, -0.2) is 0 Å². The first kappa shape index (κ1) is 41.4. The van der Waals surface area contributed by atoms with E-state index in [0.717, 1.165) is 22.7 Å². The van der Waals surface area contributed by atoms with Gasteiger partial charge in [-0.3, -0.25) is 0 Å². The minimum atomic E-state index is 0.477. The van der Waals surface area contributed by atoms with Gasteiger partial charge in [-0.15, -0.1) is 11.3 Å². The number of hydrogen-bond donors (Lipinski definition) is 4. The number of benzene rings is 5. The lowest BCUT2D eigenvalue weighted by Crippen LogP contribution is -1.96. The van der Waals surface area contributed by atoms with Gasteiger partial charge in [0.1, 0.15) is 0 Å². The van der Waals surface area contributed by atoms with Crippen LogP contribution < -0.4 is 22.9 Å². The number of nitrogen functional groups attached to an aromatic ring is 4. The molecule has 6 rings (SSSR count). The van der Waals surface area contributed by atoms with Crippen LogP contribution in [0.5, 0.6) is 0 Å². The van der Waals surface area contributed by atoms with Gasteiger partial charge in [-0.25, -0.2) is 0 Å². The molecule has 0 saturated carbocycles. The van der Waals surface area contributed by atoms with Gasteiger partial charge in [0.05, 0.1) is 0 Å².